The predicted octanol–water partition coefficient (Wildman–Crippen LogP) is 7.59. The number of carbonyl (C=O) groups is 2. The number of likely N-dealkylation sites (tertiary alicyclic amines) is 1. The largest absolute Gasteiger partial charge is 0.341 e. The Bertz CT molecular complexity index is 1530. The van der Waals surface area contributed by atoms with E-state index in [9.17, 15) is 9.59 Å². The average molecular weight is 606 g/mol. The van der Waals surface area contributed by atoms with Gasteiger partial charge in [0.1, 0.15) is 0 Å². The van der Waals surface area contributed by atoms with Crippen LogP contribution in [0.25, 0.3) is 11.0 Å². The topological polar surface area (TPSA) is 58.4 Å². The van der Waals surface area contributed by atoms with Gasteiger partial charge in [-0.3, -0.25) is 9.59 Å². The first-order valence-corrected chi connectivity index (χ1v) is 15.6. The smallest absolute Gasteiger partial charge is 0.253 e. The van der Waals surface area contributed by atoms with Crippen LogP contribution in [0.1, 0.15) is 65.1 Å². The summed E-state index contributed by atoms with van der Waals surface area (Å²) in [6.07, 6.45) is 3.44. The van der Waals surface area contributed by atoms with E-state index in [1.807, 2.05) is 79.8 Å². The molecule has 8 heteroatoms. The summed E-state index contributed by atoms with van der Waals surface area (Å²) in [5, 5.41) is 1.04. The van der Waals surface area contributed by atoms with E-state index < -0.39 is 0 Å². The Morgan fingerprint density at radius 1 is 0.952 bits per heavy atom. The third-order valence-corrected chi connectivity index (χ3v) is 9.09. The van der Waals surface area contributed by atoms with Crippen molar-refractivity contribution in [3.63, 3.8) is 0 Å². The van der Waals surface area contributed by atoms with Crippen molar-refractivity contribution in [1.82, 2.24) is 19.4 Å². The first kappa shape index (κ1) is 30.3. The molecule has 0 radical (unpaired) electrons. The molecule has 0 bridgehead atoms. The Labute approximate surface area is 258 Å². The Balaban J connectivity index is 1.23. The van der Waals surface area contributed by atoms with Crippen molar-refractivity contribution in [2.75, 3.05) is 33.2 Å². The van der Waals surface area contributed by atoms with Gasteiger partial charge < -0.3 is 14.4 Å². The van der Waals surface area contributed by atoms with Crippen molar-refractivity contribution in [3.8, 4) is 0 Å². The minimum atomic E-state index is -0.0193. The van der Waals surface area contributed by atoms with Crippen LogP contribution in [-0.4, -0.2) is 64.3 Å². The zero-order chi connectivity index (χ0) is 29.6. The van der Waals surface area contributed by atoms with E-state index >= 15 is 0 Å². The number of halogens is 2. The van der Waals surface area contributed by atoms with Gasteiger partial charge in [0, 0.05) is 37.5 Å². The fourth-order valence-corrected chi connectivity index (χ4v) is 6.30. The minimum Gasteiger partial charge on any atom is -0.341 e. The summed E-state index contributed by atoms with van der Waals surface area (Å²) >= 11 is 12.6. The molecule has 1 fully saturated rings. The predicted molar refractivity (Wildman–Crippen MR) is 171 cm³/mol. The molecule has 220 valence electrons. The summed E-state index contributed by atoms with van der Waals surface area (Å²) in [7, 11) is 1.85. The highest BCUT2D eigenvalue weighted by Gasteiger charge is 2.30. The Hall–Kier alpha value is -3.19. The van der Waals surface area contributed by atoms with Crippen molar-refractivity contribution >= 4 is 45.9 Å². The third-order valence-electron chi connectivity index (χ3n) is 8.35. The number of likely N-dealkylation sites (N-methyl/N-ethyl adjacent to an activating group) is 1. The van der Waals surface area contributed by atoms with Gasteiger partial charge in [-0.2, -0.15) is 0 Å². The van der Waals surface area contributed by atoms with Gasteiger partial charge in [-0.1, -0.05) is 66.5 Å². The molecule has 0 aliphatic carbocycles. The fraction of sp³-hybridized carbons (Fsp3) is 0.382. The van der Waals surface area contributed by atoms with Gasteiger partial charge in [0.2, 0.25) is 5.78 Å². The summed E-state index contributed by atoms with van der Waals surface area (Å²) in [4.78, 5) is 35.7. The minimum absolute atomic E-state index is 0.00548. The maximum absolute atomic E-state index is 13.6. The molecule has 1 amide bonds. The molecule has 42 heavy (non-hydrogen) atoms. The van der Waals surface area contributed by atoms with Crippen molar-refractivity contribution in [2.24, 2.45) is 5.92 Å². The monoisotopic (exact) mass is 604 g/mol. The number of hydrogen-bond donors (Lipinski definition) is 0. The number of Topliss-reactive ketones (excluding diaryl/α,β-unsaturated/α-hetero) is 1. The summed E-state index contributed by atoms with van der Waals surface area (Å²) in [6.45, 7) is 6.07. The van der Waals surface area contributed by atoms with Gasteiger partial charge in [-0.25, -0.2) is 4.98 Å². The van der Waals surface area contributed by atoms with E-state index in [1.54, 1.807) is 4.90 Å². The number of benzene rings is 3. The van der Waals surface area contributed by atoms with Gasteiger partial charge in [0.25, 0.3) is 5.91 Å². The molecule has 2 heterocycles. The number of aryl methyl sites for hydroxylation is 1. The van der Waals surface area contributed by atoms with E-state index in [1.165, 1.54) is 0 Å². The zero-order valence-corrected chi connectivity index (χ0v) is 25.8. The quantitative estimate of drug-likeness (QED) is 0.165. The molecule has 0 spiro atoms. The SMILES string of the molecule is CCCn1c(C(=O)C2CCN(CCC(CN(C)C(=O)c3ccccc3)c3ccc(Cl)c(Cl)c3)CC2)nc2ccccc21. The second-order valence-electron chi connectivity index (χ2n) is 11.3. The maximum Gasteiger partial charge on any atom is 0.253 e. The summed E-state index contributed by atoms with van der Waals surface area (Å²) < 4.78 is 2.10. The highest BCUT2D eigenvalue weighted by Crippen LogP contribution is 2.30. The van der Waals surface area contributed by atoms with Crippen LogP contribution < -0.4 is 0 Å². The molecule has 1 saturated heterocycles. The second-order valence-corrected chi connectivity index (χ2v) is 12.1. The fourth-order valence-electron chi connectivity index (χ4n) is 6.00. The molecular weight excluding hydrogens is 567 g/mol. The number of para-hydroxylation sites is 2. The van der Waals surface area contributed by atoms with Gasteiger partial charge in [-0.15, -0.1) is 0 Å². The third kappa shape index (κ3) is 6.88. The maximum atomic E-state index is 13.6. The lowest BCUT2D eigenvalue weighted by Gasteiger charge is -2.33. The van der Waals surface area contributed by atoms with Crippen LogP contribution in [0.2, 0.25) is 10.0 Å². The Kier molecular flexibility index (Phi) is 9.99. The van der Waals surface area contributed by atoms with Gasteiger partial charge in [0.15, 0.2) is 5.82 Å². The summed E-state index contributed by atoms with van der Waals surface area (Å²) in [5.74, 6) is 0.824. The van der Waals surface area contributed by atoms with E-state index in [-0.39, 0.29) is 23.5 Å². The lowest BCUT2D eigenvalue weighted by Crippen LogP contribution is -2.38. The van der Waals surface area contributed by atoms with Crippen LogP contribution in [-0.2, 0) is 6.54 Å². The number of hydrogen-bond acceptors (Lipinski definition) is 4. The van der Waals surface area contributed by atoms with Gasteiger partial charge >= 0.3 is 0 Å². The van der Waals surface area contributed by atoms with E-state index in [4.69, 9.17) is 28.2 Å². The number of carbonyl (C=O) groups excluding carboxylic acids is 2. The van der Waals surface area contributed by atoms with E-state index in [0.29, 0.717) is 28.0 Å². The van der Waals surface area contributed by atoms with Crippen LogP contribution in [0.15, 0.2) is 72.8 Å². The molecule has 5 rings (SSSR count). The number of piperidine rings is 1. The average Bonchev–Trinajstić information content (AvgIpc) is 3.39. The van der Waals surface area contributed by atoms with Crippen molar-refractivity contribution < 1.29 is 9.59 Å². The zero-order valence-electron chi connectivity index (χ0n) is 24.3. The molecule has 1 aliphatic rings. The molecule has 1 unspecified atom stereocenters. The molecule has 1 aliphatic heterocycles. The lowest BCUT2D eigenvalue weighted by atomic mass is 9.90. The Morgan fingerprint density at radius 3 is 2.38 bits per heavy atom. The highest BCUT2D eigenvalue weighted by atomic mass is 35.5. The first-order chi connectivity index (χ1) is 20.4. The summed E-state index contributed by atoms with van der Waals surface area (Å²) in [6, 6.07) is 23.1. The van der Waals surface area contributed by atoms with E-state index in [2.05, 4.69) is 16.4 Å². The van der Waals surface area contributed by atoms with Crippen LogP contribution in [0, 0.1) is 5.92 Å². The molecule has 0 N–H and O–H groups in total. The highest BCUT2D eigenvalue weighted by molar-refractivity contribution is 6.42. The molecule has 0 saturated carbocycles. The molecule has 4 aromatic rings. The number of nitrogens with zero attached hydrogens (tertiary/aromatic N) is 4. The second kappa shape index (κ2) is 13.9. The van der Waals surface area contributed by atoms with Gasteiger partial charge in [-0.05, 0) is 87.3 Å². The lowest BCUT2D eigenvalue weighted by molar-refractivity contribution is 0.0779. The number of imidazole rings is 1. The van der Waals surface area contributed by atoms with Crippen molar-refractivity contribution in [3.05, 3.63) is 99.8 Å². The molecule has 1 aromatic heterocycles. The van der Waals surface area contributed by atoms with Crippen LogP contribution in [0.5, 0.6) is 0 Å². The number of rotatable bonds is 11. The van der Waals surface area contributed by atoms with Crippen LogP contribution in [0.4, 0.5) is 0 Å². The summed E-state index contributed by atoms with van der Waals surface area (Å²) in [5.41, 5.74) is 3.66. The molecule has 1 atom stereocenters. The van der Waals surface area contributed by atoms with Crippen molar-refractivity contribution in [2.45, 2.75) is 45.1 Å². The number of amides is 1. The number of ketones is 1. The molecular formula is C34H38Cl2N4O2. The number of fused-ring (bicyclic) bond motifs is 1. The normalized spacial score (nSPS) is 15.1. The standard InChI is InChI=1S/C34H38Cl2N4O2/c1-3-18-40-31-12-8-7-11-30(31)37-33(40)32(41)24-15-19-39(20-16-24)21-17-27(26-13-14-28(35)29(36)22-26)23-38(2)34(42)25-9-5-4-6-10-25/h4-14,22,24,27H,3,15-21,23H2,1-2H3. The number of aromatic nitrogens is 2. The van der Waals surface area contributed by atoms with Gasteiger partial charge in [0.05, 0.1) is 21.1 Å². The first-order valence-electron chi connectivity index (χ1n) is 14.8. The Morgan fingerprint density at radius 2 is 1.67 bits per heavy atom. The molecule has 3 aromatic carbocycles. The van der Waals surface area contributed by atoms with E-state index in [0.717, 1.165) is 68.5 Å². The van der Waals surface area contributed by atoms with Crippen molar-refractivity contribution in [1.29, 1.82) is 0 Å². The van der Waals surface area contributed by atoms with Crippen LogP contribution in [0.3, 0.4) is 0 Å². The molecule has 6 nitrogen and oxygen atoms in total. The van der Waals surface area contributed by atoms with Crippen LogP contribution >= 0.6 is 23.2 Å².